The molecule has 24 heavy (non-hydrogen) atoms. The summed E-state index contributed by atoms with van der Waals surface area (Å²) in [7, 11) is 0. The van der Waals surface area contributed by atoms with Crippen molar-refractivity contribution in [3.05, 3.63) is 34.1 Å². The van der Waals surface area contributed by atoms with Gasteiger partial charge in [0, 0.05) is 32.7 Å². The van der Waals surface area contributed by atoms with E-state index < -0.39 is 0 Å². The number of morpholine rings is 1. The molecule has 1 saturated heterocycles. The molecule has 1 aliphatic rings. The van der Waals surface area contributed by atoms with Crippen LogP contribution in [0.4, 0.5) is 4.39 Å². The van der Waals surface area contributed by atoms with E-state index in [1.54, 1.807) is 12.1 Å². The maximum Gasteiger partial charge on any atom is 0.188 e. The first-order chi connectivity index (χ1) is 11.1. The third-order valence-electron chi connectivity index (χ3n) is 3.72. The largest absolute Gasteiger partial charge is 0.379 e. The predicted octanol–water partition coefficient (Wildman–Crippen LogP) is 2.38. The Balaban J connectivity index is 0.00000288. The summed E-state index contributed by atoms with van der Waals surface area (Å²) in [4.78, 5) is 6.71. The zero-order valence-electron chi connectivity index (χ0n) is 13.6. The van der Waals surface area contributed by atoms with Crippen LogP contribution in [0.1, 0.15) is 12.0 Å². The lowest BCUT2D eigenvalue weighted by molar-refractivity contribution is 0.0377. The second-order valence-corrected chi connectivity index (χ2v) is 6.35. The monoisotopic (exact) mass is 514 g/mol. The molecule has 8 heteroatoms. The molecule has 1 aromatic rings. The molecule has 1 aromatic carbocycles. The highest BCUT2D eigenvalue weighted by atomic mass is 127. The van der Waals surface area contributed by atoms with Gasteiger partial charge in [0.05, 0.1) is 17.7 Å². The lowest BCUT2D eigenvalue weighted by atomic mass is 10.1. The van der Waals surface area contributed by atoms with Crippen molar-refractivity contribution >= 4 is 45.9 Å². The number of rotatable bonds is 7. The topological polar surface area (TPSA) is 62.9 Å². The summed E-state index contributed by atoms with van der Waals surface area (Å²) in [6, 6.07) is 5.02. The van der Waals surface area contributed by atoms with Gasteiger partial charge in [-0.1, -0.05) is 6.07 Å². The molecule has 3 N–H and O–H groups in total. The summed E-state index contributed by atoms with van der Waals surface area (Å²) in [6.45, 7) is 6.09. The number of guanidine groups is 1. The van der Waals surface area contributed by atoms with Crippen molar-refractivity contribution in [2.45, 2.75) is 12.8 Å². The minimum atomic E-state index is -0.247. The second-order valence-electron chi connectivity index (χ2n) is 5.50. The standard InChI is InChI=1S/C16H24BrFN4O.HI/c17-14-12-13(2-3-15(14)18)4-6-21-16(19)20-5-1-7-22-8-10-23-11-9-22;/h2-3,12H,1,4-11H2,(H3,19,20,21);1H. The van der Waals surface area contributed by atoms with Crippen molar-refractivity contribution in [1.82, 2.24) is 10.2 Å². The molecule has 1 aliphatic heterocycles. The van der Waals surface area contributed by atoms with Crippen molar-refractivity contribution in [2.75, 3.05) is 45.9 Å². The van der Waals surface area contributed by atoms with Crippen molar-refractivity contribution in [2.24, 2.45) is 10.7 Å². The van der Waals surface area contributed by atoms with Crippen LogP contribution in [0, 0.1) is 5.82 Å². The number of ether oxygens (including phenoxy) is 1. The molecule has 0 saturated carbocycles. The van der Waals surface area contributed by atoms with Gasteiger partial charge in [0.15, 0.2) is 5.96 Å². The molecule has 1 fully saturated rings. The minimum absolute atomic E-state index is 0. The average Bonchev–Trinajstić information content (AvgIpc) is 2.56. The molecule has 2 rings (SSSR count). The van der Waals surface area contributed by atoms with Crippen LogP contribution >= 0.6 is 39.9 Å². The molecule has 5 nitrogen and oxygen atoms in total. The first-order valence-electron chi connectivity index (χ1n) is 7.93. The van der Waals surface area contributed by atoms with Gasteiger partial charge in [0.1, 0.15) is 5.82 Å². The smallest absolute Gasteiger partial charge is 0.188 e. The summed E-state index contributed by atoms with van der Waals surface area (Å²) in [6.07, 6.45) is 1.76. The SMILES string of the molecule is I.NC(=NCCCN1CCOCC1)NCCc1ccc(F)c(Br)c1. The number of hydrogen-bond acceptors (Lipinski definition) is 3. The Morgan fingerprint density at radius 1 is 1.38 bits per heavy atom. The van der Waals surface area contributed by atoms with Crippen molar-refractivity contribution < 1.29 is 9.13 Å². The van der Waals surface area contributed by atoms with Crippen LogP contribution < -0.4 is 11.1 Å². The van der Waals surface area contributed by atoms with Gasteiger partial charge >= 0.3 is 0 Å². The van der Waals surface area contributed by atoms with Gasteiger partial charge in [0.2, 0.25) is 0 Å². The van der Waals surface area contributed by atoms with Crippen molar-refractivity contribution in [3.8, 4) is 0 Å². The molecule has 0 aliphatic carbocycles. The second kappa shape index (κ2) is 12.0. The Kier molecular flexibility index (Phi) is 10.8. The van der Waals surface area contributed by atoms with E-state index in [9.17, 15) is 4.39 Å². The molecular formula is C16H25BrFIN4O. The van der Waals surface area contributed by atoms with Gasteiger partial charge in [-0.15, -0.1) is 24.0 Å². The molecule has 0 spiro atoms. The molecule has 0 bridgehead atoms. The van der Waals surface area contributed by atoms with Crippen LogP contribution in [0.2, 0.25) is 0 Å². The highest BCUT2D eigenvalue weighted by molar-refractivity contribution is 14.0. The van der Waals surface area contributed by atoms with Crippen LogP contribution in [-0.4, -0.2) is 56.8 Å². The maximum absolute atomic E-state index is 13.1. The van der Waals surface area contributed by atoms with Crippen LogP contribution in [-0.2, 0) is 11.2 Å². The third kappa shape index (κ3) is 8.09. The highest BCUT2D eigenvalue weighted by Gasteiger charge is 2.08. The number of nitrogens with one attached hydrogen (secondary N) is 1. The van der Waals surface area contributed by atoms with E-state index in [0.717, 1.165) is 57.8 Å². The first kappa shape index (κ1) is 21.6. The van der Waals surface area contributed by atoms with Gasteiger partial charge in [-0.3, -0.25) is 9.89 Å². The predicted molar refractivity (Wildman–Crippen MR) is 110 cm³/mol. The Morgan fingerprint density at radius 2 is 2.12 bits per heavy atom. The molecule has 0 radical (unpaired) electrons. The molecule has 0 unspecified atom stereocenters. The average molecular weight is 515 g/mol. The van der Waals surface area contributed by atoms with E-state index in [2.05, 4.69) is 31.1 Å². The summed E-state index contributed by atoms with van der Waals surface area (Å²) in [5, 5.41) is 3.09. The van der Waals surface area contributed by atoms with E-state index in [-0.39, 0.29) is 29.8 Å². The molecule has 0 amide bonds. The number of aliphatic imine (C=N–C) groups is 1. The number of nitrogens with two attached hydrogens (primary N) is 1. The number of hydrogen-bond donors (Lipinski definition) is 2. The molecular weight excluding hydrogens is 490 g/mol. The van der Waals surface area contributed by atoms with Crippen LogP contribution in [0.15, 0.2) is 27.7 Å². The van der Waals surface area contributed by atoms with Crippen molar-refractivity contribution in [1.29, 1.82) is 0 Å². The van der Waals surface area contributed by atoms with Crippen LogP contribution in [0.5, 0.6) is 0 Å². The summed E-state index contributed by atoms with van der Waals surface area (Å²) in [5.74, 6) is 0.219. The van der Waals surface area contributed by atoms with Gasteiger partial charge in [-0.25, -0.2) is 4.39 Å². The lowest BCUT2D eigenvalue weighted by Crippen LogP contribution is -2.37. The summed E-state index contributed by atoms with van der Waals surface area (Å²) in [5.41, 5.74) is 6.89. The minimum Gasteiger partial charge on any atom is -0.379 e. The Hall–Kier alpha value is -0.450. The Morgan fingerprint density at radius 3 is 2.83 bits per heavy atom. The Labute approximate surface area is 168 Å². The normalized spacial score (nSPS) is 15.8. The number of halogens is 3. The quantitative estimate of drug-likeness (QED) is 0.254. The zero-order valence-corrected chi connectivity index (χ0v) is 17.6. The maximum atomic E-state index is 13.1. The van der Waals surface area contributed by atoms with Gasteiger partial charge in [0.25, 0.3) is 0 Å². The zero-order chi connectivity index (χ0) is 16.5. The lowest BCUT2D eigenvalue weighted by Gasteiger charge is -2.26. The number of benzene rings is 1. The van der Waals surface area contributed by atoms with E-state index in [0.29, 0.717) is 17.0 Å². The fourth-order valence-electron chi connectivity index (χ4n) is 2.40. The van der Waals surface area contributed by atoms with Gasteiger partial charge < -0.3 is 15.8 Å². The molecule has 136 valence electrons. The fourth-order valence-corrected chi connectivity index (χ4v) is 2.83. The molecule has 0 aromatic heterocycles. The van der Waals surface area contributed by atoms with Crippen LogP contribution in [0.3, 0.4) is 0 Å². The molecule has 0 atom stereocenters. The highest BCUT2D eigenvalue weighted by Crippen LogP contribution is 2.16. The summed E-state index contributed by atoms with van der Waals surface area (Å²) >= 11 is 3.19. The number of nitrogens with zero attached hydrogens (tertiary/aromatic N) is 2. The van der Waals surface area contributed by atoms with E-state index in [4.69, 9.17) is 10.5 Å². The fraction of sp³-hybridized carbons (Fsp3) is 0.562. The van der Waals surface area contributed by atoms with E-state index in [1.165, 1.54) is 6.07 Å². The van der Waals surface area contributed by atoms with Crippen molar-refractivity contribution in [3.63, 3.8) is 0 Å². The third-order valence-corrected chi connectivity index (χ3v) is 4.33. The van der Waals surface area contributed by atoms with Gasteiger partial charge in [-0.2, -0.15) is 0 Å². The van der Waals surface area contributed by atoms with Gasteiger partial charge in [-0.05, 0) is 46.5 Å². The van der Waals surface area contributed by atoms with E-state index >= 15 is 0 Å². The Bertz CT molecular complexity index is 527. The summed E-state index contributed by atoms with van der Waals surface area (Å²) < 4.78 is 18.9. The molecule has 1 heterocycles. The van der Waals surface area contributed by atoms with E-state index in [1.807, 2.05) is 0 Å². The van der Waals surface area contributed by atoms with Crippen LogP contribution in [0.25, 0.3) is 0 Å². The first-order valence-corrected chi connectivity index (χ1v) is 8.72.